The molecule has 16 heavy (non-hydrogen) atoms. The minimum Gasteiger partial charge on any atom is -0.367 e. The molecule has 2 aromatic heterocycles. The number of rotatable bonds is 2. The first-order valence-corrected chi connectivity index (χ1v) is 7.49. The monoisotopic (exact) mass is 251 g/mol. The number of anilines is 1. The van der Waals surface area contributed by atoms with E-state index in [9.17, 15) is 0 Å². The fraction of sp³-hybridized carbons (Fsp3) is 0.455. The highest BCUT2D eigenvalue weighted by molar-refractivity contribution is 7.99. The van der Waals surface area contributed by atoms with Crippen LogP contribution in [0.3, 0.4) is 0 Å². The Balaban J connectivity index is 1.85. The van der Waals surface area contributed by atoms with Gasteiger partial charge in [0.25, 0.3) is 0 Å². The van der Waals surface area contributed by atoms with Gasteiger partial charge in [0, 0.05) is 6.04 Å². The van der Waals surface area contributed by atoms with E-state index in [1.807, 2.05) is 11.8 Å². The van der Waals surface area contributed by atoms with Gasteiger partial charge in [-0.2, -0.15) is 11.8 Å². The van der Waals surface area contributed by atoms with E-state index in [0.717, 1.165) is 16.0 Å². The van der Waals surface area contributed by atoms with Gasteiger partial charge in [0.1, 0.15) is 17.0 Å². The number of fused-ring (bicyclic) bond motifs is 1. The minimum atomic E-state index is 0.583. The molecule has 0 saturated carbocycles. The molecule has 1 saturated heterocycles. The third-order valence-electron chi connectivity index (χ3n) is 2.82. The summed E-state index contributed by atoms with van der Waals surface area (Å²) in [6, 6.07) is 2.68. The lowest BCUT2D eigenvalue weighted by Crippen LogP contribution is -2.25. The number of hydrogen-bond donors (Lipinski definition) is 1. The molecule has 1 aliphatic rings. The fourth-order valence-corrected chi connectivity index (χ4v) is 3.78. The van der Waals surface area contributed by atoms with Gasteiger partial charge < -0.3 is 5.32 Å². The van der Waals surface area contributed by atoms with Gasteiger partial charge in [0.2, 0.25) is 0 Å². The second-order valence-electron chi connectivity index (χ2n) is 3.89. The summed E-state index contributed by atoms with van der Waals surface area (Å²) >= 11 is 3.71. The highest BCUT2D eigenvalue weighted by atomic mass is 32.2. The molecule has 3 heterocycles. The molecule has 0 aliphatic carbocycles. The van der Waals surface area contributed by atoms with Crippen molar-refractivity contribution in [3.63, 3.8) is 0 Å². The van der Waals surface area contributed by atoms with Crippen LogP contribution in [0.1, 0.15) is 12.8 Å². The van der Waals surface area contributed by atoms with Gasteiger partial charge in [0.15, 0.2) is 0 Å². The van der Waals surface area contributed by atoms with Gasteiger partial charge in [-0.25, -0.2) is 9.97 Å². The van der Waals surface area contributed by atoms with Crippen LogP contribution in [0.2, 0.25) is 0 Å². The average molecular weight is 251 g/mol. The summed E-state index contributed by atoms with van der Waals surface area (Å²) < 4.78 is 0. The Morgan fingerprint density at radius 3 is 3.00 bits per heavy atom. The van der Waals surface area contributed by atoms with Crippen molar-refractivity contribution in [2.24, 2.45) is 0 Å². The first-order valence-electron chi connectivity index (χ1n) is 5.46. The molecule has 0 spiro atoms. The van der Waals surface area contributed by atoms with E-state index in [0.29, 0.717) is 6.04 Å². The van der Waals surface area contributed by atoms with Crippen LogP contribution in [0.5, 0.6) is 0 Å². The number of thiophene rings is 1. The number of nitrogens with zero attached hydrogens (tertiary/aromatic N) is 2. The zero-order chi connectivity index (χ0) is 10.8. The van der Waals surface area contributed by atoms with Crippen LogP contribution in [0, 0.1) is 0 Å². The van der Waals surface area contributed by atoms with Gasteiger partial charge in [-0.3, -0.25) is 0 Å². The van der Waals surface area contributed by atoms with E-state index in [2.05, 4.69) is 26.7 Å². The van der Waals surface area contributed by atoms with Crippen molar-refractivity contribution in [3.8, 4) is 0 Å². The molecule has 0 atom stereocenters. The van der Waals surface area contributed by atoms with Crippen molar-refractivity contribution < 1.29 is 0 Å². The summed E-state index contributed by atoms with van der Waals surface area (Å²) in [5, 5.41) is 6.78. The Morgan fingerprint density at radius 2 is 2.12 bits per heavy atom. The van der Waals surface area contributed by atoms with Crippen LogP contribution in [-0.4, -0.2) is 27.5 Å². The molecule has 0 radical (unpaired) electrons. The summed E-state index contributed by atoms with van der Waals surface area (Å²) in [6.07, 6.45) is 4.12. The Hall–Kier alpha value is -0.810. The molecular weight excluding hydrogens is 238 g/mol. The van der Waals surface area contributed by atoms with E-state index in [1.54, 1.807) is 17.7 Å². The average Bonchev–Trinajstić information content (AvgIpc) is 2.80. The minimum absolute atomic E-state index is 0.583. The van der Waals surface area contributed by atoms with Gasteiger partial charge in [-0.05, 0) is 35.8 Å². The summed E-state index contributed by atoms with van der Waals surface area (Å²) in [5.74, 6) is 3.52. The second kappa shape index (κ2) is 4.59. The Morgan fingerprint density at radius 1 is 1.25 bits per heavy atom. The van der Waals surface area contributed by atoms with E-state index in [-0.39, 0.29) is 0 Å². The number of nitrogens with one attached hydrogen (secondary N) is 1. The highest BCUT2D eigenvalue weighted by Gasteiger charge is 2.15. The predicted molar refractivity (Wildman–Crippen MR) is 71.4 cm³/mol. The highest BCUT2D eigenvalue weighted by Crippen LogP contribution is 2.26. The van der Waals surface area contributed by atoms with Gasteiger partial charge >= 0.3 is 0 Å². The van der Waals surface area contributed by atoms with E-state index in [4.69, 9.17) is 0 Å². The molecule has 0 amide bonds. The van der Waals surface area contributed by atoms with Crippen LogP contribution in [-0.2, 0) is 0 Å². The maximum Gasteiger partial charge on any atom is 0.138 e. The topological polar surface area (TPSA) is 37.8 Å². The molecule has 84 valence electrons. The molecule has 0 aromatic carbocycles. The van der Waals surface area contributed by atoms with Crippen LogP contribution in [0.4, 0.5) is 5.82 Å². The third kappa shape index (κ3) is 2.01. The number of hydrogen-bond acceptors (Lipinski definition) is 5. The predicted octanol–water partition coefficient (Wildman–Crippen LogP) is 3.00. The van der Waals surface area contributed by atoms with Crippen molar-refractivity contribution in [3.05, 3.63) is 17.8 Å². The summed E-state index contributed by atoms with van der Waals surface area (Å²) in [6.45, 7) is 0. The summed E-state index contributed by atoms with van der Waals surface area (Å²) in [4.78, 5) is 9.68. The number of thioether (sulfide) groups is 1. The first kappa shape index (κ1) is 10.4. The van der Waals surface area contributed by atoms with Crippen molar-refractivity contribution >= 4 is 39.1 Å². The Labute approximate surface area is 103 Å². The molecule has 0 bridgehead atoms. The normalized spacial score (nSPS) is 17.8. The molecule has 0 unspecified atom stereocenters. The molecule has 1 fully saturated rings. The maximum absolute atomic E-state index is 4.35. The Bertz CT molecular complexity index is 477. The maximum atomic E-state index is 4.35. The first-order chi connectivity index (χ1) is 7.93. The van der Waals surface area contributed by atoms with Gasteiger partial charge in [0.05, 0.1) is 5.39 Å². The summed E-state index contributed by atoms with van der Waals surface area (Å²) in [7, 11) is 0. The van der Waals surface area contributed by atoms with Crippen molar-refractivity contribution in [2.75, 3.05) is 16.8 Å². The fourth-order valence-electron chi connectivity index (χ4n) is 1.94. The lowest BCUT2D eigenvalue weighted by molar-refractivity contribution is 0.664. The lowest BCUT2D eigenvalue weighted by Gasteiger charge is -2.23. The molecule has 1 aliphatic heterocycles. The Kier molecular flexibility index (Phi) is 2.97. The van der Waals surface area contributed by atoms with E-state index >= 15 is 0 Å². The SMILES string of the molecule is c1nc(NC2CCSCC2)c2ccsc2n1. The van der Waals surface area contributed by atoms with Crippen molar-refractivity contribution in [2.45, 2.75) is 18.9 Å². The summed E-state index contributed by atoms with van der Waals surface area (Å²) in [5.41, 5.74) is 0. The number of aromatic nitrogens is 2. The largest absolute Gasteiger partial charge is 0.367 e. The van der Waals surface area contributed by atoms with Gasteiger partial charge in [-0.1, -0.05) is 0 Å². The van der Waals surface area contributed by atoms with Crippen LogP contribution >= 0.6 is 23.1 Å². The molecule has 1 N–H and O–H groups in total. The molecular formula is C11H13N3S2. The standard InChI is InChI=1S/C11H13N3S2/c1-4-15-5-2-8(1)14-10-9-3-6-16-11(9)13-7-12-10/h3,6-8H,1-2,4-5H2,(H,12,13,14). The van der Waals surface area contributed by atoms with Gasteiger partial charge in [-0.15, -0.1) is 11.3 Å². The molecule has 3 rings (SSSR count). The van der Waals surface area contributed by atoms with Crippen LogP contribution in [0.15, 0.2) is 17.8 Å². The van der Waals surface area contributed by atoms with E-state index in [1.165, 1.54) is 24.3 Å². The van der Waals surface area contributed by atoms with E-state index < -0.39 is 0 Å². The van der Waals surface area contributed by atoms with Crippen molar-refractivity contribution in [1.29, 1.82) is 0 Å². The van der Waals surface area contributed by atoms with Crippen molar-refractivity contribution in [1.82, 2.24) is 9.97 Å². The molecule has 3 nitrogen and oxygen atoms in total. The quantitative estimate of drug-likeness (QED) is 0.890. The molecule has 2 aromatic rings. The lowest BCUT2D eigenvalue weighted by atomic mass is 10.1. The second-order valence-corrected chi connectivity index (χ2v) is 6.01. The van der Waals surface area contributed by atoms with Crippen LogP contribution in [0.25, 0.3) is 10.2 Å². The molecule has 5 heteroatoms. The zero-order valence-corrected chi connectivity index (χ0v) is 10.5. The van der Waals surface area contributed by atoms with Crippen LogP contribution < -0.4 is 5.32 Å². The zero-order valence-electron chi connectivity index (χ0n) is 8.85. The third-order valence-corrected chi connectivity index (χ3v) is 4.69. The smallest absolute Gasteiger partial charge is 0.138 e.